The van der Waals surface area contributed by atoms with Gasteiger partial charge in [-0.1, -0.05) is 36.8 Å². The second-order valence-corrected chi connectivity index (χ2v) is 12.1. The van der Waals surface area contributed by atoms with Crippen LogP contribution >= 0.6 is 0 Å². The van der Waals surface area contributed by atoms with Crippen molar-refractivity contribution in [2.45, 2.75) is 72.0 Å². The fourth-order valence-electron chi connectivity index (χ4n) is 3.91. The van der Waals surface area contributed by atoms with Crippen molar-refractivity contribution in [3.05, 3.63) is 65.2 Å². The maximum absolute atomic E-state index is 13.7. The van der Waals surface area contributed by atoms with E-state index in [0.717, 1.165) is 33.8 Å². The fraction of sp³-hybridized carbons (Fsp3) is 0.481. The van der Waals surface area contributed by atoms with Crippen molar-refractivity contribution in [2.75, 3.05) is 17.1 Å². The average molecular weight is 538 g/mol. The number of nitrogens with one attached hydrogen (secondary N) is 1. The van der Waals surface area contributed by atoms with Crippen LogP contribution in [0.5, 0.6) is 0 Å². The Balaban J connectivity index is 2.25. The molecule has 10 heteroatoms. The zero-order chi connectivity index (χ0) is 28.0. The quantitative estimate of drug-likeness (QED) is 0.456. The SMILES string of the molecule is CC[C@@H](C(=O)NC(C)(C)C)N(Cc1ccc(C)cc1)C(=O)CCCN(c1ccc(F)c(F)c1)S(C)(=O)=O. The molecule has 0 fully saturated rings. The summed E-state index contributed by atoms with van der Waals surface area (Å²) in [6.45, 7) is 9.48. The lowest BCUT2D eigenvalue weighted by Gasteiger charge is -2.33. The minimum Gasteiger partial charge on any atom is -0.350 e. The Bertz CT molecular complexity index is 1200. The summed E-state index contributed by atoms with van der Waals surface area (Å²) in [4.78, 5) is 28.0. The predicted molar refractivity (Wildman–Crippen MR) is 141 cm³/mol. The molecule has 0 saturated heterocycles. The number of nitrogens with zero attached hydrogens (tertiary/aromatic N) is 2. The third-order valence-corrected chi connectivity index (χ3v) is 6.90. The molecule has 0 radical (unpaired) electrons. The third-order valence-electron chi connectivity index (χ3n) is 5.70. The molecular formula is C27H37F2N3O4S. The molecule has 2 aromatic rings. The Labute approximate surface area is 218 Å². The molecule has 0 aliphatic heterocycles. The lowest BCUT2D eigenvalue weighted by molar-refractivity contribution is -0.142. The molecule has 0 aromatic heterocycles. The number of hydrogen-bond acceptors (Lipinski definition) is 4. The standard InChI is InChI=1S/C27H37F2N3O4S/c1-7-24(26(34)30-27(3,4)5)31(18-20-12-10-19(2)11-13-20)25(33)9-8-16-32(37(6,35)36)21-14-15-22(28)23(29)17-21/h10-15,17,24H,7-9,16,18H2,1-6H3,(H,30,34)/t24-/m0/s1. The van der Waals surface area contributed by atoms with E-state index in [9.17, 15) is 26.8 Å². The summed E-state index contributed by atoms with van der Waals surface area (Å²) >= 11 is 0. The molecule has 37 heavy (non-hydrogen) atoms. The van der Waals surface area contributed by atoms with Gasteiger partial charge in [0.15, 0.2) is 11.6 Å². The van der Waals surface area contributed by atoms with E-state index >= 15 is 0 Å². The number of benzene rings is 2. The molecule has 2 aromatic carbocycles. The number of rotatable bonds is 11. The number of amides is 2. The van der Waals surface area contributed by atoms with Gasteiger partial charge in [0.25, 0.3) is 0 Å². The van der Waals surface area contributed by atoms with Crippen LogP contribution in [0.4, 0.5) is 14.5 Å². The number of halogens is 2. The molecule has 204 valence electrons. The number of carbonyl (C=O) groups excluding carboxylic acids is 2. The molecule has 0 bridgehead atoms. The fourth-order valence-corrected chi connectivity index (χ4v) is 4.86. The zero-order valence-electron chi connectivity index (χ0n) is 22.3. The van der Waals surface area contributed by atoms with Gasteiger partial charge >= 0.3 is 0 Å². The number of sulfonamides is 1. The van der Waals surface area contributed by atoms with Crippen molar-refractivity contribution in [3.8, 4) is 0 Å². The van der Waals surface area contributed by atoms with E-state index in [4.69, 9.17) is 0 Å². The van der Waals surface area contributed by atoms with Gasteiger partial charge in [-0.15, -0.1) is 0 Å². The van der Waals surface area contributed by atoms with E-state index in [2.05, 4.69) is 5.32 Å². The third kappa shape index (κ3) is 9.10. The first-order valence-corrected chi connectivity index (χ1v) is 14.1. The van der Waals surface area contributed by atoms with Crippen molar-refractivity contribution in [3.63, 3.8) is 0 Å². The first-order valence-electron chi connectivity index (χ1n) is 12.2. The average Bonchev–Trinajstić information content (AvgIpc) is 2.77. The van der Waals surface area contributed by atoms with Crippen LogP contribution in [0.2, 0.25) is 0 Å². The van der Waals surface area contributed by atoms with Crippen molar-refractivity contribution in [1.82, 2.24) is 10.2 Å². The van der Waals surface area contributed by atoms with Gasteiger partial charge in [0, 0.05) is 31.1 Å². The minimum absolute atomic E-state index is 0.0265. The molecule has 1 N–H and O–H groups in total. The molecule has 1 atom stereocenters. The van der Waals surface area contributed by atoms with E-state index in [1.165, 1.54) is 11.0 Å². The van der Waals surface area contributed by atoms with E-state index in [1.807, 2.05) is 58.9 Å². The van der Waals surface area contributed by atoms with E-state index < -0.39 is 33.2 Å². The van der Waals surface area contributed by atoms with Crippen LogP contribution in [0.3, 0.4) is 0 Å². The summed E-state index contributed by atoms with van der Waals surface area (Å²) in [6.07, 6.45) is 1.43. The van der Waals surface area contributed by atoms with Crippen LogP contribution in [0.1, 0.15) is 58.1 Å². The second-order valence-electron chi connectivity index (χ2n) is 10.2. The van der Waals surface area contributed by atoms with E-state index in [0.29, 0.717) is 6.42 Å². The van der Waals surface area contributed by atoms with Crippen LogP contribution in [0.25, 0.3) is 0 Å². The molecule has 0 unspecified atom stereocenters. The summed E-state index contributed by atoms with van der Waals surface area (Å²) in [5.41, 5.74) is 1.42. The van der Waals surface area contributed by atoms with E-state index in [1.54, 1.807) is 0 Å². The van der Waals surface area contributed by atoms with Crippen LogP contribution in [0, 0.1) is 18.6 Å². The van der Waals surface area contributed by atoms with Crippen molar-refractivity contribution in [2.24, 2.45) is 0 Å². The Morgan fingerprint density at radius 3 is 2.16 bits per heavy atom. The molecular weight excluding hydrogens is 500 g/mol. The largest absolute Gasteiger partial charge is 0.350 e. The van der Waals surface area contributed by atoms with E-state index in [-0.39, 0.29) is 43.4 Å². The second kappa shape index (κ2) is 12.5. The van der Waals surface area contributed by atoms with Gasteiger partial charge in [0.2, 0.25) is 21.8 Å². The summed E-state index contributed by atoms with van der Waals surface area (Å²) in [5.74, 6) is -2.83. The van der Waals surface area contributed by atoms with Crippen molar-refractivity contribution < 1.29 is 26.8 Å². The molecule has 0 aliphatic carbocycles. The molecule has 0 aliphatic rings. The predicted octanol–water partition coefficient (Wildman–Crippen LogP) is 4.54. The molecule has 0 spiro atoms. The van der Waals surface area contributed by atoms with Gasteiger partial charge in [0.1, 0.15) is 6.04 Å². The van der Waals surface area contributed by atoms with Gasteiger partial charge in [-0.3, -0.25) is 13.9 Å². The Kier molecular flexibility index (Phi) is 10.2. The summed E-state index contributed by atoms with van der Waals surface area (Å²) in [7, 11) is -3.82. The van der Waals surface area contributed by atoms with Crippen LogP contribution < -0.4 is 9.62 Å². The smallest absolute Gasteiger partial charge is 0.243 e. The highest BCUT2D eigenvalue weighted by Gasteiger charge is 2.30. The van der Waals surface area contributed by atoms with Crippen LogP contribution in [0.15, 0.2) is 42.5 Å². The monoisotopic (exact) mass is 537 g/mol. The molecule has 7 nitrogen and oxygen atoms in total. The zero-order valence-corrected chi connectivity index (χ0v) is 23.2. The van der Waals surface area contributed by atoms with Crippen molar-refractivity contribution >= 4 is 27.5 Å². The number of anilines is 1. The first-order chi connectivity index (χ1) is 17.1. The van der Waals surface area contributed by atoms with Gasteiger partial charge < -0.3 is 10.2 Å². The minimum atomic E-state index is -3.82. The van der Waals surface area contributed by atoms with Gasteiger partial charge in [-0.25, -0.2) is 17.2 Å². The normalized spacial score (nSPS) is 12.6. The maximum atomic E-state index is 13.7. The topological polar surface area (TPSA) is 86.8 Å². The van der Waals surface area contributed by atoms with Gasteiger partial charge in [-0.2, -0.15) is 0 Å². The van der Waals surface area contributed by atoms with Crippen LogP contribution in [-0.4, -0.2) is 49.5 Å². The highest BCUT2D eigenvalue weighted by Crippen LogP contribution is 2.22. The lowest BCUT2D eigenvalue weighted by atomic mass is 10.0. The maximum Gasteiger partial charge on any atom is 0.243 e. The van der Waals surface area contributed by atoms with Crippen molar-refractivity contribution in [1.29, 1.82) is 0 Å². The Hall–Kier alpha value is -3.01. The molecule has 0 saturated carbocycles. The summed E-state index contributed by atoms with van der Waals surface area (Å²) in [5, 5.41) is 2.94. The Morgan fingerprint density at radius 1 is 1.03 bits per heavy atom. The molecule has 0 heterocycles. The highest BCUT2D eigenvalue weighted by molar-refractivity contribution is 7.92. The lowest BCUT2D eigenvalue weighted by Crippen LogP contribution is -2.53. The Morgan fingerprint density at radius 2 is 1.65 bits per heavy atom. The molecule has 2 amide bonds. The number of aryl methyl sites for hydroxylation is 1. The molecule has 2 rings (SSSR count). The first kappa shape index (κ1) is 30.2. The number of hydrogen-bond donors (Lipinski definition) is 1. The highest BCUT2D eigenvalue weighted by atomic mass is 32.2. The van der Waals surface area contributed by atoms with Gasteiger partial charge in [0.05, 0.1) is 11.9 Å². The summed E-state index contributed by atoms with van der Waals surface area (Å²) in [6, 6.07) is 9.79. The summed E-state index contributed by atoms with van der Waals surface area (Å²) < 4.78 is 52.7. The van der Waals surface area contributed by atoms with Gasteiger partial charge in [-0.05, 0) is 58.2 Å². The number of carbonyl (C=O) groups is 2. The van der Waals surface area contributed by atoms with Crippen LogP contribution in [-0.2, 0) is 26.2 Å².